The van der Waals surface area contributed by atoms with Gasteiger partial charge >= 0.3 is 0 Å². The van der Waals surface area contributed by atoms with Crippen LogP contribution < -0.4 is 16.8 Å². The number of ketones is 1. The Balaban J connectivity index is 2.26. The summed E-state index contributed by atoms with van der Waals surface area (Å²) in [5.74, 6) is -1.09. The second-order valence-electron chi connectivity index (χ2n) is 7.66. The zero-order valence-corrected chi connectivity index (χ0v) is 18.0. The first kappa shape index (κ1) is 23.6. The van der Waals surface area contributed by atoms with Crippen LogP contribution in [-0.4, -0.2) is 41.0 Å². The molecule has 5 N–H and O–H groups in total. The molecule has 0 heterocycles. The maximum absolute atomic E-state index is 13.3. The van der Waals surface area contributed by atoms with Crippen LogP contribution in [0.5, 0.6) is 0 Å². The van der Waals surface area contributed by atoms with Crippen LogP contribution in [0.25, 0.3) is 0 Å². The number of amides is 2. The second kappa shape index (κ2) is 10.9. The van der Waals surface area contributed by atoms with Gasteiger partial charge in [0.1, 0.15) is 11.8 Å². The summed E-state index contributed by atoms with van der Waals surface area (Å²) in [7, 11) is 0. The number of hydrogen-bond donors (Lipinski definition) is 3. The van der Waals surface area contributed by atoms with Gasteiger partial charge in [0.15, 0.2) is 5.96 Å². The average Bonchev–Trinajstić information content (AvgIpc) is 2.70. The van der Waals surface area contributed by atoms with Gasteiger partial charge in [0, 0.05) is 12.1 Å². The molecule has 0 aliphatic heterocycles. The lowest BCUT2D eigenvalue weighted by Crippen LogP contribution is -2.52. The molecule has 2 rings (SSSR count). The summed E-state index contributed by atoms with van der Waals surface area (Å²) < 4.78 is 0. The largest absolute Gasteiger partial charge is 0.370 e. The minimum absolute atomic E-state index is 0.0719. The van der Waals surface area contributed by atoms with Crippen LogP contribution in [0.1, 0.15) is 36.7 Å². The van der Waals surface area contributed by atoms with Gasteiger partial charge in [0.2, 0.25) is 5.91 Å². The summed E-state index contributed by atoms with van der Waals surface area (Å²) in [5, 5.41) is 2.81. The van der Waals surface area contributed by atoms with Crippen molar-refractivity contribution in [1.29, 1.82) is 0 Å². The maximum atomic E-state index is 13.3. The van der Waals surface area contributed by atoms with E-state index in [1.165, 1.54) is 11.8 Å². The van der Waals surface area contributed by atoms with Crippen LogP contribution in [0.2, 0.25) is 0 Å². The molecular formula is C23H29N5O3. The summed E-state index contributed by atoms with van der Waals surface area (Å²) in [6, 6.07) is 15.0. The van der Waals surface area contributed by atoms with Crippen LogP contribution in [0.4, 0.5) is 5.69 Å². The van der Waals surface area contributed by atoms with Crippen molar-refractivity contribution in [2.24, 2.45) is 22.4 Å². The van der Waals surface area contributed by atoms with E-state index in [0.29, 0.717) is 11.3 Å². The predicted molar refractivity (Wildman–Crippen MR) is 121 cm³/mol. The first-order valence-corrected chi connectivity index (χ1v) is 10.00. The molecule has 0 aliphatic rings. The van der Waals surface area contributed by atoms with Crippen LogP contribution in [-0.2, 0) is 16.1 Å². The third-order valence-corrected chi connectivity index (χ3v) is 4.52. The molecule has 0 saturated heterocycles. The van der Waals surface area contributed by atoms with E-state index >= 15 is 0 Å². The molecule has 8 heteroatoms. The fourth-order valence-electron chi connectivity index (χ4n) is 3.10. The molecule has 1 unspecified atom stereocenters. The van der Waals surface area contributed by atoms with Crippen molar-refractivity contribution in [3.8, 4) is 0 Å². The normalized spacial score (nSPS) is 11.5. The summed E-state index contributed by atoms with van der Waals surface area (Å²) in [6.45, 7) is 5.22. The van der Waals surface area contributed by atoms with E-state index in [2.05, 4.69) is 10.3 Å². The minimum Gasteiger partial charge on any atom is -0.370 e. The number of nitrogens with two attached hydrogens (primary N) is 2. The van der Waals surface area contributed by atoms with E-state index in [1.807, 2.05) is 26.0 Å². The Morgan fingerprint density at radius 1 is 1.03 bits per heavy atom. The predicted octanol–water partition coefficient (Wildman–Crippen LogP) is 1.96. The minimum atomic E-state index is -0.784. The fourth-order valence-corrected chi connectivity index (χ4v) is 3.10. The Morgan fingerprint density at radius 3 is 2.29 bits per heavy atom. The van der Waals surface area contributed by atoms with E-state index in [9.17, 15) is 14.4 Å². The summed E-state index contributed by atoms with van der Waals surface area (Å²) in [6.07, 6.45) is 0. The molecule has 164 valence electrons. The maximum Gasteiger partial charge on any atom is 0.251 e. The molecule has 0 saturated carbocycles. The van der Waals surface area contributed by atoms with Gasteiger partial charge in [-0.25, -0.2) is 4.99 Å². The fraction of sp³-hybridized carbons (Fsp3) is 0.304. The molecule has 31 heavy (non-hydrogen) atoms. The molecule has 2 aromatic carbocycles. The number of nitrogens with zero attached hydrogens (tertiary/aromatic N) is 2. The first-order chi connectivity index (χ1) is 14.7. The number of nitrogens with one attached hydrogen (secondary N) is 1. The topological polar surface area (TPSA) is 131 Å². The smallest absolute Gasteiger partial charge is 0.251 e. The highest BCUT2D eigenvalue weighted by Crippen LogP contribution is 2.17. The standard InChI is InChI=1S/C23H29N5O3/c1-15(2)20(27-21(30)18-9-5-4-6-10-18)22(31)28(13-16(3)29)14-17-8-7-11-19(12-17)26-23(24)25/h4-12,15,20H,13-14H2,1-3H3,(H,27,30)(H4,24,25,26). The van der Waals surface area contributed by atoms with Crippen molar-refractivity contribution in [2.75, 3.05) is 6.54 Å². The van der Waals surface area contributed by atoms with Gasteiger partial charge < -0.3 is 21.7 Å². The van der Waals surface area contributed by atoms with E-state index in [-0.39, 0.29) is 42.6 Å². The number of hydrogen-bond acceptors (Lipinski definition) is 4. The quantitative estimate of drug-likeness (QED) is 0.419. The molecule has 0 aliphatic carbocycles. The lowest BCUT2D eigenvalue weighted by atomic mass is 10.0. The number of guanidine groups is 1. The molecular weight excluding hydrogens is 394 g/mol. The number of Topliss-reactive ketones (excluding diaryl/α,β-unsaturated/α-hetero) is 1. The summed E-state index contributed by atoms with van der Waals surface area (Å²) in [4.78, 5) is 43.3. The molecule has 2 aromatic rings. The zero-order chi connectivity index (χ0) is 23.0. The van der Waals surface area contributed by atoms with Gasteiger partial charge in [-0.3, -0.25) is 14.4 Å². The molecule has 2 amide bonds. The van der Waals surface area contributed by atoms with Crippen molar-refractivity contribution in [3.05, 3.63) is 65.7 Å². The Bertz CT molecular complexity index is 953. The van der Waals surface area contributed by atoms with Crippen molar-refractivity contribution in [2.45, 2.75) is 33.4 Å². The van der Waals surface area contributed by atoms with E-state index in [1.54, 1.807) is 42.5 Å². The lowest BCUT2D eigenvalue weighted by Gasteiger charge is -2.29. The second-order valence-corrected chi connectivity index (χ2v) is 7.66. The molecule has 0 aromatic heterocycles. The van der Waals surface area contributed by atoms with Gasteiger partial charge in [0.05, 0.1) is 12.2 Å². The first-order valence-electron chi connectivity index (χ1n) is 10.00. The third kappa shape index (κ3) is 7.26. The van der Waals surface area contributed by atoms with Crippen LogP contribution in [0.15, 0.2) is 59.6 Å². The third-order valence-electron chi connectivity index (χ3n) is 4.52. The van der Waals surface area contributed by atoms with Gasteiger partial charge in [-0.15, -0.1) is 0 Å². The van der Waals surface area contributed by atoms with Crippen molar-refractivity contribution in [3.63, 3.8) is 0 Å². The Morgan fingerprint density at radius 2 is 1.71 bits per heavy atom. The van der Waals surface area contributed by atoms with E-state index in [4.69, 9.17) is 11.5 Å². The SMILES string of the molecule is CC(=O)CN(Cc1cccc(N=C(N)N)c1)C(=O)C(NC(=O)c1ccccc1)C(C)C. The molecule has 0 bridgehead atoms. The summed E-state index contributed by atoms with van der Waals surface area (Å²) >= 11 is 0. The zero-order valence-electron chi connectivity index (χ0n) is 18.0. The molecule has 1 atom stereocenters. The Kier molecular flexibility index (Phi) is 8.31. The van der Waals surface area contributed by atoms with Gasteiger partial charge in [-0.2, -0.15) is 0 Å². The van der Waals surface area contributed by atoms with Crippen LogP contribution >= 0.6 is 0 Å². The monoisotopic (exact) mass is 423 g/mol. The highest BCUT2D eigenvalue weighted by Gasteiger charge is 2.29. The highest BCUT2D eigenvalue weighted by atomic mass is 16.2. The molecule has 0 radical (unpaired) electrons. The van der Waals surface area contributed by atoms with Gasteiger partial charge in [0.25, 0.3) is 5.91 Å². The van der Waals surface area contributed by atoms with Crippen molar-refractivity contribution in [1.82, 2.24) is 10.2 Å². The Labute approximate surface area is 182 Å². The van der Waals surface area contributed by atoms with E-state index in [0.717, 1.165) is 5.56 Å². The van der Waals surface area contributed by atoms with Crippen LogP contribution in [0.3, 0.4) is 0 Å². The lowest BCUT2D eigenvalue weighted by molar-refractivity contribution is -0.138. The van der Waals surface area contributed by atoms with Gasteiger partial charge in [-0.1, -0.05) is 44.2 Å². The number of aliphatic imine (C=N–C) groups is 1. The number of benzene rings is 2. The number of carbonyl (C=O) groups is 3. The van der Waals surface area contributed by atoms with Crippen molar-refractivity contribution < 1.29 is 14.4 Å². The van der Waals surface area contributed by atoms with Crippen molar-refractivity contribution >= 4 is 29.2 Å². The highest BCUT2D eigenvalue weighted by molar-refractivity contribution is 5.98. The molecule has 0 fully saturated rings. The number of rotatable bonds is 9. The summed E-state index contributed by atoms with van der Waals surface area (Å²) in [5.41, 5.74) is 12.6. The van der Waals surface area contributed by atoms with Crippen LogP contribution in [0, 0.1) is 5.92 Å². The average molecular weight is 424 g/mol. The Hall–Kier alpha value is -3.68. The van der Waals surface area contributed by atoms with E-state index < -0.39 is 6.04 Å². The molecule has 8 nitrogen and oxygen atoms in total. The number of carbonyl (C=O) groups excluding carboxylic acids is 3. The van der Waals surface area contributed by atoms with Gasteiger partial charge in [-0.05, 0) is 42.7 Å². The molecule has 0 spiro atoms.